The zero-order chi connectivity index (χ0) is 9.84. The number of aliphatic hydroxyl groups excluding tert-OH is 1. The molecule has 2 heteroatoms. The summed E-state index contributed by atoms with van der Waals surface area (Å²) in [6, 6.07) is 0. The van der Waals surface area contributed by atoms with Gasteiger partial charge in [-0.3, -0.25) is 4.79 Å². The third kappa shape index (κ3) is 2.58. The Balaban J connectivity index is 2.75. The van der Waals surface area contributed by atoms with Crippen molar-refractivity contribution in [3.05, 3.63) is 11.3 Å². The van der Waals surface area contributed by atoms with Crippen LogP contribution in [0.15, 0.2) is 11.3 Å². The van der Waals surface area contributed by atoms with Gasteiger partial charge in [-0.15, -0.1) is 0 Å². The van der Waals surface area contributed by atoms with Gasteiger partial charge in [0, 0.05) is 5.57 Å². The maximum atomic E-state index is 11.3. The molecule has 1 aliphatic carbocycles. The molecule has 0 amide bonds. The third-order valence-electron chi connectivity index (χ3n) is 2.78. The Morgan fingerprint density at radius 3 is 2.08 bits per heavy atom. The first-order chi connectivity index (χ1) is 6.13. The molecule has 0 bridgehead atoms. The molecule has 1 N–H and O–H groups in total. The highest BCUT2D eigenvalue weighted by molar-refractivity contribution is 5.94. The number of aliphatic hydroxyl groups is 1. The van der Waals surface area contributed by atoms with Gasteiger partial charge in [0.25, 0.3) is 0 Å². The molecule has 2 nitrogen and oxygen atoms in total. The van der Waals surface area contributed by atoms with Crippen LogP contribution in [0, 0.1) is 5.92 Å². The minimum atomic E-state index is 0.0342. The van der Waals surface area contributed by atoms with Crippen LogP contribution in [0.1, 0.15) is 46.0 Å². The van der Waals surface area contributed by atoms with Gasteiger partial charge < -0.3 is 5.11 Å². The summed E-state index contributed by atoms with van der Waals surface area (Å²) in [5.41, 5.74) is 0.666. The van der Waals surface area contributed by atoms with E-state index >= 15 is 0 Å². The van der Waals surface area contributed by atoms with E-state index in [1.807, 2.05) is 0 Å². The second kappa shape index (κ2) is 4.45. The van der Waals surface area contributed by atoms with Gasteiger partial charge in [0.2, 0.25) is 0 Å². The van der Waals surface area contributed by atoms with Crippen molar-refractivity contribution in [3.8, 4) is 0 Å². The van der Waals surface area contributed by atoms with E-state index in [-0.39, 0.29) is 11.5 Å². The summed E-state index contributed by atoms with van der Waals surface area (Å²) in [4.78, 5) is 11.3. The van der Waals surface area contributed by atoms with Crippen molar-refractivity contribution >= 4 is 5.78 Å². The van der Waals surface area contributed by atoms with E-state index in [0.717, 1.165) is 12.8 Å². The van der Waals surface area contributed by atoms with Crippen LogP contribution in [0.25, 0.3) is 0 Å². The van der Waals surface area contributed by atoms with E-state index in [9.17, 15) is 9.90 Å². The average molecular weight is 182 g/mol. The number of hydrogen-bond acceptors (Lipinski definition) is 2. The molecule has 0 saturated heterocycles. The Morgan fingerprint density at radius 1 is 1.15 bits per heavy atom. The monoisotopic (exact) mass is 182 g/mol. The maximum Gasteiger partial charge on any atom is 0.159 e. The van der Waals surface area contributed by atoms with Crippen molar-refractivity contribution in [2.24, 2.45) is 5.92 Å². The Labute approximate surface area is 79.6 Å². The van der Waals surface area contributed by atoms with Crippen molar-refractivity contribution in [1.82, 2.24) is 0 Å². The molecule has 0 heterocycles. The maximum absolute atomic E-state index is 11.3. The highest BCUT2D eigenvalue weighted by Crippen LogP contribution is 2.31. The molecule has 0 aromatic carbocycles. The summed E-state index contributed by atoms with van der Waals surface area (Å²) in [5, 5.41) is 9.39. The van der Waals surface area contributed by atoms with Gasteiger partial charge in [-0.25, -0.2) is 0 Å². The lowest BCUT2D eigenvalue weighted by atomic mass is 9.82. The van der Waals surface area contributed by atoms with E-state index in [0.29, 0.717) is 11.5 Å². The van der Waals surface area contributed by atoms with Crippen LogP contribution < -0.4 is 0 Å². The summed E-state index contributed by atoms with van der Waals surface area (Å²) in [6.45, 7) is 3.16. The molecule has 0 atom stereocenters. The van der Waals surface area contributed by atoms with Crippen molar-refractivity contribution in [1.29, 1.82) is 0 Å². The van der Waals surface area contributed by atoms with E-state index in [4.69, 9.17) is 0 Å². The largest absolute Gasteiger partial charge is 0.512 e. The molecule has 0 aromatic heterocycles. The predicted molar refractivity (Wildman–Crippen MR) is 52.6 cm³/mol. The van der Waals surface area contributed by atoms with E-state index < -0.39 is 0 Å². The molecule has 1 saturated carbocycles. The molecular weight excluding hydrogens is 164 g/mol. The first-order valence-electron chi connectivity index (χ1n) is 5.03. The Kier molecular flexibility index (Phi) is 3.52. The van der Waals surface area contributed by atoms with Crippen LogP contribution >= 0.6 is 0 Å². The number of hydrogen-bond donors (Lipinski definition) is 1. The summed E-state index contributed by atoms with van der Waals surface area (Å²) in [7, 11) is 0. The molecule has 0 aromatic rings. The quantitative estimate of drug-likeness (QED) is 0.526. The lowest BCUT2D eigenvalue weighted by molar-refractivity contribution is -0.114. The molecule has 1 rings (SSSR count). The zero-order valence-corrected chi connectivity index (χ0v) is 8.47. The van der Waals surface area contributed by atoms with Crippen LogP contribution in [0.5, 0.6) is 0 Å². The van der Waals surface area contributed by atoms with E-state index in [1.54, 1.807) is 13.8 Å². The van der Waals surface area contributed by atoms with Crippen LogP contribution in [-0.2, 0) is 4.79 Å². The molecule has 0 unspecified atom stereocenters. The third-order valence-corrected chi connectivity index (χ3v) is 2.78. The van der Waals surface area contributed by atoms with Gasteiger partial charge in [0.15, 0.2) is 5.78 Å². The predicted octanol–water partition coefficient (Wildman–Crippen LogP) is 2.99. The number of ketones is 1. The fourth-order valence-electron chi connectivity index (χ4n) is 2.23. The molecule has 1 fully saturated rings. The highest BCUT2D eigenvalue weighted by Gasteiger charge is 2.22. The van der Waals surface area contributed by atoms with Crippen LogP contribution in [-0.4, -0.2) is 10.9 Å². The minimum Gasteiger partial charge on any atom is -0.512 e. The fourth-order valence-corrected chi connectivity index (χ4v) is 2.23. The molecule has 0 spiro atoms. The van der Waals surface area contributed by atoms with E-state index in [1.165, 1.54) is 19.3 Å². The van der Waals surface area contributed by atoms with Gasteiger partial charge in [-0.05, 0) is 32.6 Å². The topological polar surface area (TPSA) is 37.3 Å². The Hall–Kier alpha value is -0.790. The smallest absolute Gasteiger partial charge is 0.159 e. The molecular formula is C11H18O2. The molecule has 0 radical (unpaired) electrons. The second-order valence-electron chi connectivity index (χ2n) is 3.89. The first-order valence-corrected chi connectivity index (χ1v) is 5.03. The van der Waals surface area contributed by atoms with Gasteiger partial charge in [0.05, 0.1) is 5.76 Å². The van der Waals surface area contributed by atoms with Crippen molar-refractivity contribution in [2.45, 2.75) is 46.0 Å². The zero-order valence-electron chi connectivity index (χ0n) is 8.47. The summed E-state index contributed by atoms with van der Waals surface area (Å²) in [5.74, 6) is 0.572. The van der Waals surface area contributed by atoms with Crippen molar-refractivity contribution in [3.63, 3.8) is 0 Å². The normalized spacial score (nSPS) is 21.1. The average Bonchev–Trinajstić information content (AvgIpc) is 2.04. The van der Waals surface area contributed by atoms with Crippen molar-refractivity contribution in [2.75, 3.05) is 0 Å². The van der Waals surface area contributed by atoms with Crippen LogP contribution in [0.3, 0.4) is 0 Å². The van der Waals surface area contributed by atoms with Crippen LogP contribution in [0.2, 0.25) is 0 Å². The number of carbonyl (C=O) groups is 1. The number of allylic oxidation sites excluding steroid dienone is 2. The number of Topliss-reactive ketones (excluding diaryl/α,β-unsaturated/α-hetero) is 1. The van der Waals surface area contributed by atoms with E-state index in [2.05, 4.69) is 0 Å². The highest BCUT2D eigenvalue weighted by atomic mass is 16.3. The molecule has 0 aliphatic heterocycles. The number of rotatable bonds is 2. The van der Waals surface area contributed by atoms with Crippen molar-refractivity contribution < 1.29 is 9.90 Å². The Bertz CT molecular complexity index is 218. The second-order valence-corrected chi connectivity index (χ2v) is 3.89. The van der Waals surface area contributed by atoms with Gasteiger partial charge >= 0.3 is 0 Å². The Morgan fingerprint density at radius 2 is 1.69 bits per heavy atom. The SMILES string of the molecule is CC(=O)/C(=C(/C)O)C1CCCCC1. The fraction of sp³-hybridized carbons (Fsp3) is 0.727. The number of carbonyl (C=O) groups excluding carboxylic acids is 1. The lowest BCUT2D eigenvalue weighted by Gasteiger charge is -2.23. The van der Waals surface area contributed by atoms with Gasteiger partial charge in [-0.1, -0.05) is 19.3 Å². The summed E-state index contributed by atoms with van der Waals surface area (Å²) >= 11 is 0. The lowest BCUT2D eigenvalue weighted by Crippen LogP contribution is -2.16. The molecule has 74 valence electrons. The molecule has 13 heavy (non-hydrogen) atoms. The summed E-state index contributed by atoms with van der Waals surface area (Å²) < 4.78 is 0. The van der Waals surface area contributed by atoms with Gasteiger partial charge in [-0.2, -0.15) is 0 Å². The minimum absolute atomic E-state index is 0.0342. The standard InChI is InChI=1S/C11H18O2/c1-8(12)11(9(2)13)10-6-4-3-5-7-10/h10,12H,3-7H2,1-2H3/b11-8+. The van der Waals surface area contributed by atoms with Crippen LogP contribution in [0.4, 0.5) is 0 Å². The summed E-state index contributed by atoms with van der Waals surface area (Å²) in [6.07, 6.45) is 5.77. The van der Waals surface area contributed by atoms with Gasteiger partial charge in [0.1, 0.15) is 0 Å². The molecule has 1 aliphatic rings. The first kappa shape index (κ1) is 10.3.